The van der Waals surface area contributed by atoms with Crippen LogP contribution < -0.4 is 0 Å². The van der Waals surface area contributed by atoms with Crippen molar-refractivity contribution in [3.63, 3.8) is 0 Å². The van der Waals surface area contributed by atoms with E-state index in [0.717, 1.165) is 12.8 Å². The third kappa shape index (κ3) is 3.33. The third-order valence-corrected chi connectivity index (χ3v) is 3.02. The van der Waals surface area contributed by atoms with Gasteiger partial charge in [-0.15, -0.1) is 0 Å². The quantitative estimate of drug-likeness (QED) is 0.706. The van der Waals surface area contributed by atoms with Crippen LogP contribution in [0.15, 0.2) is 0 Å². The molecule has 6 nitrogen and oxygen atoms in total. The monoisotopic (exact) mass is 244 g/mol. The first-order chi connectivity index (χ1) is 8.02. The zero-order chi connectivity index (χ0) is 13.0. The van der Waals surface area contributed by atoms with Crippen molar-refractivity contribution in [3.05, 3.63) is 0 Å². The van der Waals surface area contributed by atoms with Gasteiger partial charge in [0, 0.05) is 19.6 Å². The van der Waals surface area contributed by atoms with Gasteiger partial charge in [0.25, 0.3) is 0 Å². The van der Waals surface area contributed by atoms with Gasteiger partial charge in [0.1, 0.15) is 6.04 Å². The largest absolute Gasteiger partial charge is 0.480 e. The summed E-state index contributed by atoms with van der Waals surface area (Å²) in [5, 5.41) is 17.9. The highest BCUT2D eigenvalue weighted by Crippen LogP contribution is 2.27. The van der Waals surface area contributed by atoms with Gasteiger partial charge < -0.3 is 20.0 Å². The Bertz CT molecular complexity index is 291. The molecule has 2 N–H and O–H groups in total. The maximum Gasteiger partial charge on any atom is 0.326 e. The van der Waals surface area contributed by atoms with Gasteiger partial charge in [-0.1, -0.05) is 6.92 Å². The molecule has 1 aliphatic carbocycles. The number of hydrogen-bond donors (Lipinski definition) is 2. The molecule has 0 spiro atoms. The normalized spacial score (nSPS) is 16.4. The van der Waals surface area contributed by atoms with E-state index in [4.69, 9.17) is 10.2 Å². The molecule has 0 aromatic rings. The zero-order valence-electron chi connectivity index (χ0n) is 10.3. The molecule has 1 fully saturated rings. The van der Waals surface area contributed by atoms with E-state index in [1.807, 2.05) is 0 Å². The second-order valence-corrected chi connectivity index (χ2v) is 4.30. The fraction of sp³-hybridized carbons (Fsp3) is 0.818. The maximum atomic E-state index is 12.1. The van der Waals surface area contributed by atoms with E-state index in [9.17, 15) is 9.59 Å². The summed E-state index contributed by atoms with van der Waals surface area (Å²) in [5.74, 6) is -0.997. The van der Waals surface area contributed by atoms with Crippen molar-refractivity contribution in [2.24, 2.45) is 0 Å². The standard InChI is InChI=1S/C11H20N2O4/c1-3-9(10(15)16)12(2)11(17)13(6-7-14)8-4-5-8/h8-9,14H,3-7H2,1-2H3,(H,15,16). The van der Waals surface area contributed by atoms with Gasteiger partial charge in [-0.25, -0.2) is 9.59 Å². The number of likely N-dealkylation sites (N-methyl/N-ethyl adjacent to an activating group) is 1. The number of aliphatic hydroxyl groups excluding tert-OH is 1. The van der Waals surface area contributed by atoms with E-state index >= 15 is 0 Å². The molecule has 0 aromatic carbocycles. The number of aliphatic carboxylic acids is 1. The fourth-order valence-electron chi connectivity index (χ4n) is 1.88. The first-order valence-corrected chi connectivity index (χ1v) is 5.90. The molecule has 0 bridgehead atoms. The highest BCUT2D eigenvalue weighted by Gasteiger charge is 2.36. The summed E-state index contributed by atoms with van der Waals surface area (Å²) in [6, 6.07) is -0.943. The summed E-state index contributed by atoms with van der Waals surface area (Å²) < 4.78 is 0. The van der Waals surface area contributed by atoms with Crippen molar-refractivity contribution in [3.8, 4) is 0 Å². The Morgan fingerprint density at radius 3 is 2.35 bits per heavy atom. The molecule has 1 saturated carbocycles. The van der Waals surface area contributed by atoms with Crippen molar-refractivity contribution in [1.29, 1.82) is 0 Å². The molecule has 0 saturated heterocycles. The zero-order valence-corrected chi connectivity index (χ0v) is 10.3. The van der Waals surface area contributed by atoms with Crippen molar-refractivity contribution in [1.82, 2.24) is 9.80 Å². The van der Waals surface area contributed by atoms with E-state index in [2.05, 4.69) is 0 Å². The van der Waals surface area contributed by atoms with Gasteiger partial charge in [0.05, 0.1) is 6.61 Å². The van der Waals surface area contributed by atoms with Crippen LogP contribution in [0.1, 0.15) is 26.2 Å². The molecule has 0 aromatic heterocycles. The summed E-state index contributed by atoms with van der Waals surface area (Å²) in [6.45, 7) is 1.90. The SMILES string of the molecule is CCC(C(=O)O)N(C)C(=O)N(CCO)C1CC1. The van der Waals surface area contributed by atoms with Crippen LogP contribution in [0.25, 0.3) is 0 Å². The molecule has 0 aliphatic heterocycles. The number of carbonyl (C=O) groups excluding carboxylic acids is 1. The van der Waals surface area contributed by atoms with Crippen molar-refractivity contribution >= 4 is 12.0 Å². The number of carboxylic acid groups (broad SMARTS) is 1. The number of rotatable bonds is 6. The molecule has 6 heteroatoms. The Balaban J connectivity index is 2.68. The average molecular weight is 244 g/mol. The topological polar surface area (TPSA) is 81.1 Å². The Morgan fingerprint density at radius 1 is 1.41 bits per heavy atom. The minimum Gasteiger partial charge on any atom is -0.480 e. The first-order valence-electron chi connectivity index (χ1n) is 5.90. The van der Waals surface area contributed by atoms with Crippen LogP contribution in [0.2, 0.25) is 0 Å². The van der Waals surface area contributed by atoms with Gasteiger partial charge in [-0.3, -0.25) is 0 Å². The summed E-state index contributed by atoms with van der Waals surface area (Å²) >= 11 is 0. The minimum absolute atomic E-state index is 0.0973. The lowest BCUT2D eigenvalue weighted by Gasteiger charge is -2.31. The van der Waals surface area contributed by atoms with Crippen LogP contribution in [-0.2, 0) is 4.79 Å². The van der Waals surface area contributed by atoms with E-state index in [-0.39, 0.29) is 25.2 Å². The Morgan fingerprint density at radius 2 is 2.00 bits per heavy atom. The lowest BCUT2D eigenvalue weighted by molar-refractivity contribution is -0.142. The van der Waals surface area contributed by atoms with Crippen LogP contribution in [0.4, 0.5) is 4.79 Å². The van der Waals surface area contributed by atoms with Crippen molar-refractivity contribution < 1.29 is 19.8 Å². The Kier molecular flexibility index (Phi) is 4.74. The molecule has 1 unspecified atom stereocenters. The molecule has 2 amide bonds. The highest BCUT2D eigenvalue weighted by molar-refractivity contribution is 5.82. The van der Waals surface area contributed by atoms with Crippen LogP contribution in [0, 0.1) is 0 Å². The molecule has 17 heavy (non-hydrogen) atoms. The second-order valence-electron chi connectivity index (χ2n) is 4.30. The first kappa shape index (κ1) is 13.8. The molecule has 1 aliphatic rings. The van der Waals surface area contributed by atoms with Gasteiger partial charge in [-0.2, -0.15) is 0 Å². The van der Waals surface area contributed by atoms with Crippen molar-refractivity contribution in [2.75, 3.05) is 20.2 Å². The van der Waals surface area contributed by atoms with Crippen LogP contribution in [0.5, 0.6) is 0 Å². The number of aliphatic hydroxyl groups is 1. The molecular weight excluding hydrogens is 224 g/mol. The van der Waals surface area contributed by atoms with Gasteiger partial charge in [-0.05, 0) is 19.3 Å². The second kappa shape index (κ2) is 5.86. The Hall–Kier alpha value is -1.30. The van der Waals surface area contributed by atoms with Crippen LogP contribution in [-0.4, -0.2) is 64.3 Å². The van der Waals surface area contributed by atoms with Gasteiger partial charge in [0.2, 0.25) is 0 Å². The van der Waals surface area contributed by atoms with E-state index in [1.54, 1.807) is 11.8 Å². The van der Waals surface area contributed by atoms with E-state index in [0.29, 0.717) is 6.42 Å². The van der Waals surface area contributed by atoms with Gasteiger partial charge >= 0.3 is 12.0 Å². The summed E-state index contributed by atoms with van der Waals surface area (Å²) in [5.41, 5.74) is 0. The number of carboxylic acids is 1. The number of carbonyl (C=O) groups is 2. The van der Waals surface area contributed by atoms with E-state index in [1.165, 1.54) is 11.9 Å². The maximum absolute atomic E-state index is 12.1. The third-order valence-electron chi connectivity index (χ3n) is 3.02. The number of nitrogens with zero attached hydrogens (tertiary/aromatic N) is 2. The predicted octanol–water partition coefficient (Wildman–Crippen LogP) is 0.358. The molecule has 0 radical (unpaired) electrons. The fourth-order valence-corrected chi connectivity index (χ4v) is 1.88. The van der Waals surface area contributed by atoms with E-state index < -0.39 is 12.0 Å². The summed E-state index contributed by atoms with van der Waals surface area (Å²) in [7, 11) is 1.50. The molecule has 1 atom stereocenters. The predicted molar refractivity (Wildman–Crippen MR) is 61.7 cm³/mol. The van der Waals surface area contributed by atoms with Crippen LogP contribution in [0.3, 0.4) is 0 Å². The number of hydrogen-bond acceptors (Lipinski definition) is 3. The number of urea groups is 1. The average Bonchev–Trinajstić information content (AvgIpc) is 3.09. The highest BCUT2D eigenvalue weighted by atomic mass is 16.4. The lowest BCUT2D eigenvalue weighted by atomic mass is 10.2. The van der Waals surface area contributed by atoms with Gasteiger partial charge in [0.15, 0.2) is 0 Å². The lowest BCUT2D eigenvalue weighted by Crippen LogP contribution is -2.50. The minimum atomic E-state index is -0.997. The molecular formula is C11H20N2O4. The molecule has 0 heterocycles. The Labute approximate surface area is 101 Å². The summed E-state index contributed by atoms with van der Waals surface area (Å²) in [4.78, 5) is 25.9. The van der Waals surface area contributed by atoms with Crippen molar-refractivity contribution in [2.45, 2.75) is 38.3 Å². The van der Waals surface area contributed by atoms with Crippen LogP contribution >= 0.6 is 0 Å². The molecule has 98 valence electrons. The molecule has 1 rings (SSSR count). The summed E-state index contributed by atoms with van der Waals surface area (Å²) in [6.07, 6.45) is 2.24. The smallest absolute Gasteiger partial charge is 0.326 e. The number of amides is 2.